The summed E-state index contributed by atoms with van der Waals surface area (Å²) in [5.74, 6) is 0.942. The second-order valence-electron chi connectivity index (χ2n) is 6.06. The molecule has 1 amide bonds. The normalized spacial score (nSPS) is 13.2. The van der Waals surface area contributed by atoms with E-state index in [0.717, 1.165) is 23.3 Å². The van der Waals surface area contributed by atoms with Crippen LogP contribution in [-0.2, 0) is 4.79 Å². The first kappa shape index (κ1) is 18.3. The van der Waals surface area contributed by atoms with Crippen molar-refractivity contribution >= 4 is 23.2 Å². The number of rotatable bonds is 6. The van der Waals surface area contributed by atoms with Gasteiger partial charge in [0, 0.05) is 10.7 Å². The molecule has 0 heterocycles. The summed E-state index contributed by atoms with van der Waals surface area (Å²) in [5, 5.41) is 3.47. The zero-order valence-corrected chi connectivity index (χ0v) is 15.4. The molecule has 2 unspecified atom stereocenters. The van der Waals surface area contributed by atoms with E-state index in [-0.39, 0.29) is 5.91 Å². The fourth-order valence-corrected chi connectivity index (χ4v) is 2.55. The van der Waals surface area contributed by atoms with Gasteiger partial charge in [0.25, 0.3) is 5.91 Å². The van der Waals surface area contributed by atoms with Gasteiger partial charge in [0.2, 0.25) is 0 Å². The highest BCUT2D eigenvalue weighted by Gasteiger charge is 2.18. The molecule has 0 aliphatic carbocycles. The number of ether oxygens (including phenoxy) is 1. The molecule has 0 aliphatic rings. The lowest BCUT2D eigenvalue weighted by Gasteiger charge is -2.19. The minimum atomic E-state index is -0.602. The summed E-state index contributed by atoms with van der Waals surface area (Å²) in [6.07, 6.45) is 0.415. The van der Waals surface area contributed by atoms with Gasteiger partial charge in [-0.05, 0) is 55.5 Å². The van der Waals surface area contributed by atoms with Gasteiger partial charge in [-0.25, -0.2) is 0 Å². The first-order valence-corrected chi connectivity index (χ1v) is 8.62. The molecule has 128 valence electrons. The first-order chi connectivity index (χ1) is 11.4. The Morgan fingerprint density at radius 2 is 1.92 bits per heavy atom. The Balaban J connectivity index is 2.08. The van der Waals surface area contributed by atoms with E-state index in [1.165, 1.54) is 0 Å². The molecule has 2 aromatic carbocycles. The minimum absolute atomic E-state index is 0.200. The molecule has 0 saturated carbocycles. The van der Waals surface area contributed by atoms with Crippen LogP contribution < -0.4 is 10.1 Å². The SMILES string of the molecule is CCC(C)c1ccccc1OC(C)C(=O)Nc1ccc(C)c(Cl)c1. The van der Waals surface area contributed by atoms with Crippen LogP contribution in [0.25, 0.3) is 0 Å². The van der Waals surface area contributed by atoms with Crippen molar-refractivity contribution < 1.29 is 9.53 Å². The zero-order chi connectivity index (χ0) is 17.7. The molecular weight excluding hydrogens is 322 g/mol. The van der Waals surface area contributed by atoms with E-state index in [2.05, 4.69) is 19.2 Å². The van der Waals surface area contributed by atoms with E-state index in [0.29, 0.717) is 16.6 Å². The smallest absolute Gasteiger partial charge is 0.265 e. The van der Waals surface area contributed by atoms with Crippen LogP contribution in [0.2, 0.25) is 5.02 Å². The van der Waals surface area contributed by atoms with E-state index in [1.54, 1.807) is 13.0 Å². The summed E-state index contributed by atoms with van der Waals surface area (Å²) in [7, 11) is 0. The first-order valence-electron chi connectivity index (χ1n) is 8.25. The van der Waals surface area contributed by atoms with Crippen molar-refractivity contribution in [2.24, 2.45) is 0 Å². The lowest BCUT2D eigenvalue weighted by Crippen LogP contribution is -2.30. The fourth-order valence-electron chi connectivity index (χ4n) is 2.37. The van der Waals surface area contributed by atoms with Crippen LogP contribution in [0.3, 0.4) is 0 Å². The Morgan fingerprint density at radius 3 is 2.58 bits per heavy atom. The molecule has 1 N–H and O–H groups in total. The molecule has 3 nitrogen and oxygen atoms in total. The number of anilines is 1. The minimum Gasteiger partial charge on any atom is -0.481 e. The predicted octanol–water partition coefficient (Wildman–Crippen LogP) is 5.57. The highest BCUT2D eigenvalue weighted by molar-refractivity contribution is 6.31. The zero-order valence-electron chi connectivity index (χ0n) is 14.6. The third-order valence-electron chi connectivity index (χ3n) is 4.17. The summed E-state index contributed by atoms with van der Waals surface area (Å²) >= 11 is 6.10. The molecule has 2 atom stereocenters. The van der Waals surface area contributed by atoms with E-state index < -0.39 is 6.10 Å². The molecule has 0 aliphatic heterocycles. The maximum absolute atomic E-state index is 12.4. The number of carbonyl (C=O) groups is 1. The number of benzene rings is 2. The van der Waals surface area contributed by atoms with Gasteiger partial charge in [0.1, 0.15) is 5.75 Å². The highest BCUT2D eigenvalue weighted by atomic mass is 35.5. The summed E-state index contributed by atoms with van der Waals surface area (Å²) in [6.45, 7) is 7.96. The molecule has 0 spiro atoms. The molecule has 2 rings (SSSR count). The van der Waals surface area contributed by atoms with Crippen LogP contribution in [0.1, 0.15) is 44.2 Å². The van der Waals surface area contributed by atoms with Crippen LogP contribution in [0.5, 0.6) is 5.75 Å². The van der Waals surface area contributed by atoms with Gasteiger partial charge in [-0.1, -0.05) is 49.7 Å². The van der Waals surface area contributed by atoms with E-state index in [4.69, 9.17) is 16.3 Å². The fraction of sp³-hybridized carbons (Fsp3) is 0.350. The van der Waals surface area contributed by atoms with Crippen LogP contribution >= 0.6 is 11.6 Å². The van der Waals surface area contributed by atoms with Gasteiger partial charge < -0.3 is 10.1 Å². The monoisotopic (exact) mass is 345 g/mol. The molecule has 0 bridgehead atoms. The number of hydrogen-bond donors (Lipinski definition) is 1. The molecule has 2 aromatic rings. The van der Waals surface area contributed by atoms with Crippen molar-refractivity contribution in [2.75, 3.05) is 5.32 Å². The van der Waals surface area contributed by atoms with Crippen molar-refractivity contribution in [1.82, 2.24) is 0 Å². The standard InChI is InChI=1S/C20H24ClNO2/c1-5-13(2)17-8-6-7-9-19(17)24-15(4)20(23)22-16-11-10-14(3)18(21)12-16/h6-13,15H,5H2,1-4H3,(H,22,23). The average Bonchev–Trinajstić information content (AvgIpc) is 2.58. The third-order valence-corrected chi connectivity index (χ3v) is 4.58. The topological polar surface area (TPSA) is 38.3 Å². The van der Waals surface area contributed by atoms with Crippen LogP contribution in [0.15, 0.2) is 42.5 Å². The van der Waals surface area contributed by atoms with Gasteiger partial charge in [-0.2, -0.15) is 0 Å². The predicted molar refractivity (Wildman–Crippen MR) is 100 cm³/mol. The maximum Gasteiger partial charge on any atom is 0.265 e. The average molecular weight is 346 g/mol. The van der Waals surface area contributed by atoms with Gasteiger partial charge in [-0.15, -0.1) is 0 Å². The van der Waals surface area contributed by atoms with Crippen LogP contribution in [0, 0.1) is 6.92 Å². The van der Waals surface area contributed by atoms with Gasteiger partial charge >= 0.3 is 0 Å². The largest absolute Gasteiger partial charge is 0.481 e. The van der Waals surface area contributed by atoms with Crippen molar-refractivity contribution in [1.29, 1.82) is 0 Å². The Kier molecular flexibility index (Phi) is 6.27. The third kappa shape index (κ3) is 4.51. The molecule has 4 heteroatoms. The second kappa shape index (κ2) is 8.20. The van der Waals surface area contributed by atoms with Crippen molar-refractivity contribution in [3.8, 4) is 5.75 Å². The summed E-state index contributed by atoms with van der Waals surface area (Å²) < 4.78 is 5.91. The summed E-state index contributed by atoms with van der Waals surface area (Å²) in [6, 6.07) is 13.3. The molecule has 0 saturated heterocycles. The quantitative estimate of drug-likeness (QED) is 0.743. The van der Waals surface area contributed by atoms with Crippen LogP contribution in [0.4, 0.5) is 5.69 Å². The number of halogens is 1. The van der Waals surface area contributed by atoms with Crippen molar-refractivity contribution in [3.63, 3.8) is 0 Å². The highest BCUT2D eigenvalue weighted by Crippen LogP contribution is 2.29. The molecule has 0 fully saturated rings. The number of hydrogen-bond acceptors (Lipinski definition) is 2. The Bertz CT molecular complexity index is 715. The van der Waals surface area contributed by atoms with E-state index >= 15 is 0 Å². The number of carbonyl (C=O) groups excluding carboxylic acids is 1. The Morgan fingerprint density at radius 1 is 1.21 bits per heavy atom. The molecular formula is C20H24ClNO2. The van der Waals surface area contributed by atoms with Crippen molar-refractivity contribution in [2.45, 2.75) is 46.1 Å². The summed E-state index contributed by atoms with van der Waals surface area (Å²) in [4.78, 5) is 12.4. The lowest BCUT2D eigenvalue weighted by molar-refractivity contribution is -0.122. The lowest BCUT2D eigenvalue weighted by atomic mass is 9.98. The second-order valence-corrected chi connectivity index (χ2v) is 6.47. The van der Waals surface area contributed by atoms with E-state index in [9.17, 15) is 4.79 Å². The maximum atomic E-state index is 12.4. The van der Waals surface area contributed by atoms with Gasteiger partial charge in [0.05, 0.1) is 0 Å². The van der Waals surface area contributed by atoms with E-state index in [1.807, 2.05) is 43.3 Å². The molecule has 24 heavy (non-hydrogen) atoms. The Hall–Kier alpha value is -2.00. The van der Waals surface area contributed by atoms with Gasteiger partial charge in [0.15, 0.2) is 6.10 Å². The summed E-state index contributed by atoms with van der Waals surface area (Å²) in [5.41, 5.74) is 2.76. The molecule has 0 radical (unpaired) electrons. The van der Waals surface area contributed by atoms with Crippen molar-refractivity contribution in [3.05, 3.63) is 58.6 Å². The number of aryl methyl sites for hydroxylation is 1. The molecule has 0 aromatic heterocycles. The number of nitrogens with one attached hydrogen (secondary N) is 1. The number of amides is 1. The number of para-hydroxylation sites is 1. The Labute approximate surface area is 149 Å². The van der Waals surface area contributed by atoms with Gasteiger partial charge in [-0.3, -0.25) is 4.79 Å². The van der Waals surface area contributed by atoms with Crippen LogP contribution in [-0.4, -0.2) is 12.0 Å².